The summed E-state index contributed by atoms with van der Waals surface area (Å²) in [6, 6.07) is 5.36. The largest absolute Gasteiger partial charge is 0.444 e. The van der Waals surface area contributed by atoms with Gasteiger partial charge in [-0.2, -0.15) is 0 Å². The summed E-state index contributed by atoms with van der Waals surface area (Å²) in [5.41, 5.74) is 0.270. The maximum atomic E-state index is 11.8. The number of amides is 3. The van der Waals surface area contributed by atoms with Gasteiger partial charge in [-0.25, -0.2) is 9.78 Å². The van der Waals surface area contributed by atoms with Crippen molar-refractivity contribution >= 4 is 23.7 Å². The molecule has 1 aromatic heterocycles. The molecule has 0 saturated heterocycles. The van der Waals surface area contributed by atoms with E-state index in [0.717, 1.165) is 5.69 Å². The van der Waals surface area contributed by atoms with Gasteiger partial charge in [0, 0.05) is 31.6 Å². The number of nitrogens with one attached hydrogen (secondary N) is 3. The van der Waals surface area contributed by atoms with Crippen LogP contribution in [0.5, 0.6) is 0 Å². The first kappa shape index (κ1) is 21.4. The first-order chi connectivity index (χ1) is 12.2. The van der Waals surface area contributed by atoms with Crippen LogP contribution in [-0.2, 0) is 14.3 Å². The van der Waals surface area contributed by atoms with Gasteiger partial charge in [0.05, 0.1) is 0 Å². The lowest BCUT2D eigenvalue weighted by atomic mass is 10.2. The predicted octanol–water partition coefficient (Wildman–Crippen LogP) is 2.14. The minimum atomic E-state index is -0.546. The molecule has 0 atom stereocenters. The van der Waals surface area contributed by atoms with Gasteiger partial charge in [0.1, 0.15) is 11.4 Å². The third-order valence-corrected chi connectivity index (χ3v) is 3.08. The number of carbonyl (C=O) groups is 3. The van der Waals surface area contributed by atoms with Crippen molar-refractivity contribution < 1.29 is 19.1 Å². The van der Waals surface area contributed by atoms with Crippen LogP contribution in [0.1, 0.15) is 45.7 Å². The second kappa shape index (κ2) is 10.4. The number of ether oxygens (including phenoxy) is 1. The molecule has 1 aromatic rings. The van der Waals surface area contributed by atoms with Crippen LogP contribution in [0.3, 0.4) is 0 Å². The molecule has 1 rings (SSSR count). The van der Waals surface area contributed by atoms with E-state index in [1.807, 2.05) is 19.1 Å². The van der Waals surface area contributed by atoms with Crippen LogP contribution in [0, 0.1) is 6.92 Å². The molecule has 144 valence electrons. The fourth-order valence-electron chi connectivity index (χ4n) is 1.98. The molecule has 8 nitrogen and oxygen atoms in total. The lowest BCUT2D eigenvalue weighted by molar-refractivity contribution is -0.121. The van der Waals surface area contributed by atoms with E-state index < -0.39 is 11.7 Å². The molecule has 8 heteroatoms. The highest BCUT2D eigenvalue weighted by atomic mass is 16.6. The van der Waals surface area contributed by atoms with Crippen molar-refractivity contribution in [1.29, 1.82) is 0 Å². The predicted molar refractivity (Wildman–Crippen MR) is 98.7 cm³/mol. The van der Waals surface area contributed by atoms with E-state index in [1.54, 1.807) is 26.8 Å². The first-order valence-corrected chi connectivity index (χ1v) is 8.63. The fraction of sp³-hybridized carbons (Fsp3) is 0.556. The van der Waals surface area contributed by atoms with Gasteiger partial charge in [0.25, 0.3) is 0 Å². The van der Waals surface area contributed by atoms with Gasteiger partial charge >= 0.3 is 6.09 Å². The Balaban J connectivity index is 2.11. The van der Waals surface area contributed by atoms with E-state index >= 15 is 0 Å². The number of anilines is 1. The van der Waals surface area contributed by atoms with Crippen molar-refractivity contribution in [3.8, 4) is 0 Å². The molecule has 0 radical (unpaired) electrons. The highest BCUT2D eigenvalue weighted by molar-refractivity contribution is 5.90. The average molecular weight is 364 g/mol. The highest BCUT2D eigenvalue weighted by Crippen LogP contribution is 2.06. The van der Waals surface area contributed by atoms with Crippen molar-refractivity contribution in [2.24, 2.45) is 0 Å². The zero-order valence-electron chi connectivity index (χ0n) is 15.8. The van der Waals surface area contributed by atoms with Crippen molar-refractivity contribution in [1.82, 2.24) is 15.6 Å². The SMILES string of the molecule is Cc1cccc(NC(=O)CCNC(=O)CCCNC(=O)OC(C)(C)C)n1. The number of rotatable bonds is 8. The normalized spacial score (nSPS) is 10.8. The molecular weight excluding hydrogens is 336 g/mol. The van der Waals surface area contributed by atoms with E-state index in [2.05, 4.69) is 20.9 Å². The van der Waals surface area contributed by atoms with Gasteiger partial charge in [-0.3, -0.25) is 9.59 Å². The topological polar surface area (TPSA) is 109 Å². The summed E-state index contributed by atoms with van der Waals surface area (Å²) in [6.07, 6.45) is 0.415. The first-order valence-electron chi connectivity index (χ1n) is 8.63. The van der Waals surface area contributed by atoms with Crippen LogP contribution >= 0.6 is 0 Å². The summed E-state index contributed by atoms with van der Waals surface area (Å²) in [4.78, 5) is 39.1. The number of nitrogens with zero attached hydrogens (tertiary/aromatic N) is 1. The molecule has 0 unspecified atom stereocenters. The van der Waals surface area contributed by atoms with Crippen LogP contribution in [0.15, 0.2) is 18.2 Å². The zero-order chi connectivity index (χ0) is 19.6. The Morgan fingerprint density at radius 2 is 1.77 bits per heavy atom. The van der Waals surface area contributed by atoms with Crippen LogP contribution < -0.4 is 16.0 Å². The van der Waals surface area contributed by atoms with Crippen molar-refractivity contribution in [2.45, 2.75) is 52.6 Å². The maximum absolute atomic E-state index is 11.8. The smallest absolute Gasteiger partial charge is 0.407 e. The fourth-order valence-corrected chi connectivity index (χ4v) is 1.98. The summed E-state index contributed by atoms with van der Waals surface area (Å²) in [5, 5.41) is 7.94. The number of carbonyl (C=O) groups excluding carboxylic acids is 3. The highest BCUT2D eigenvalue weighted by Gasteiger charge is 2.15. The molecule has 3 amide bonds. The van der Waals surface area contributed by atoms with Gasteiger partial charge in [0.2, 0.25) is 11.8 Å². The Morgan fingerprint density at radius 1 is 1.04 bits per heavy atom. The number of pyridine rings is 1. The Hall–Kier alpha value is -2.64. The summed E-state index contributed by atoms with van der Waals surface area (Å²) >= 11 is 0. The molecule has 0 bridgehead atoms. The minimum absolute atomic E-state index is 0.164. The molecule has 0 aromatic carbocycles. The standard InChI is InChI=1S/C18H28N4O4/c1-13-7-5-8-14(21-13)22-16(24)10-12-19-15(23)9-6-11-20-17(25)26-18(2,3)4/h5,7-8H,6,9-12H2,1-4H3,(H,19,23)(H,20,25)(H,21,22,24). The monoisotopic (exact) mass is 364 g/mol. The molecule has 26 heavy (non-hydrogen) atoms. The van der Waals surface area contributed by atoms with Crippen molar-refractivity contribution in [3.05, 3.63) is 23.9 Å². The molecule has 3 N–H and O–H groups in total. The summed E-state index contributed by atoms with van der Waals surface area (Å²) in [6.45, 7) is 7.78. The van der Waals surface area contributed by atoms with Gasteiger partial charge in [-0.15, -0.1) is 0 Å². The van der Waals surface area contributed by atoms with Gasteiger partial charge in [0.15, 0.2) is 0 Å². The van der Waals surface area contributed by atoms with Gasteiger partial charge < -0.3 is 20.7 Å². The van der Waals surface area contributed by atoms with Crippen LogP contribution in [-0.4, -0.2) is 41.6 Å². The lowest BCUT2D eigenvalue weighted by Crippen LogP contribution is -2.33. The Bertz CT molecular complexity index is 626. The second-order valence-electron chi connectivity index (χ2n) is 6.84. The summed E-state index contributed by atoms with van der Waals surface area (Å²) in [7, 11) is 0. The van der Waals surface area contributed by atoms with Gasteiger partial charge in [-0.1, -0.05) is 6.07 Å². The van der Waals surface area contributed by atoms with E-state index in [1.165, 1.54) is 0 Å². The molecule has 0 saturated carbocycles. The number of aromatic nitrogens is 1. The third-order valence-electron chi connectivity index (χ3n) is 3.08. The number of aryl methyl sites for hydroxylation is 1. The Labute approximate surface area is 154 Å². The number of hydrogen-bond donors (Lipinski definition) is 3. The van der Waals surface area contributed by atoms with Crippen molar-refractivity contribution in [2.75, 3.05) is 18.4 Å². The minimum Gasteiger partial charge on any atom is -0.444 e. The molecule has 1 heterocycles. The number of hydrogen-bond acceptors (Lipinski definition) is 5. The molecule has 0 aliphatic carbocycles. The lowest BCUT2D eigenvalue weighted by Gasteiger charge is -2.19. The quantitative estimate of drug-likeness (QED) is 0.612. The third kappa shape index (κ3) is 10.3. The molecule has 0 spiro atoms. The van der Waals surface area contributed by atoms with Crippen LogP contribution in [0.4, 0.5) is 10.6 Å². The maximum Gasteiger partial charge on any atom is 0.407 e. The summed E-state index contributed by atoms with van der Waals surface area (Å²) in [5.74, 6) is 0.113. The van der Waals surface area contributed by atoms with Gasteiger partial charge in [-0.05, 0) is 46.2 Å². The van der Waals surface area contributed by atoms with Crippen LogP contribution in [0.25, 0.3) is 0 Å². The van der Waals surface area contributed by atoms with Crippen LogP contribution in [0.2, 0.25) is 0 Å². The zero-order valence-corrected chi connectivity index (χ0v) is 15.8. The molecule has 0 aliphatic rings. The molecular formula is C18H28N4O4. The van der Waals surface area contributed by atoms with E-state index in [4.69, 9.17) is 4.74 Å². The number of alkyl carbamates (subject to hydrolysis) is 1. The molecule has 0 aliphatic heterocycles. The van der Waals surface area contributed by atoms with E-state index in [-0.39, 0.29) is 31.2 Å². The Morgan fingerprint density at radius 3 is 2.42 bits per heavy atom. The average Bonchev–Trinajstić information content (AvgIpc) is 2.50. The van der Waals surface area contributed by atoms with E-state index in [0.29, 0.717) is 18.8 Å². The summed E-state index contributed by atoms with van der Waals surface area (Å²) < 4.78 is 5.09. The second-order valence-corrected chi connectivity index (χ2v) is 6.84. The van der Waals surface area contributed by atoms with E-state index in [9.17, 15) is 14.4 Å². The van der Waals surface area contributed by atoms with Crippen molar-refractivity contribution in [3.63, 3.8) is 0 Å². The molecule has 0 fully saturated rings. The Kier molecular flexibility index (Phi) is 8.54.